The maximum atomic E-state index is 5.66. The van der Waals surface area contributed by atoms with E-state index in [1.807, 2.05) is 12.1 Å². The Balaban J connectivity index is 2.81. The summed E-state index contributed by atoms with van der Waals surface area (Å²) in [6.07, 6.45) is 0. The Morgan fingerprint density at radius 2 is 1.80 bits per heavy atom. The lowest BCUT2D eigenvalue weighted by molar-refractivity contribution is 0.394. The van der Waals surface area contributed by atoms with Gasteiger partial charge in [0.1, 0.15) is 11.5 Å². The van der Waals surface area contributed by atoms with Crippen LogP contribution in [0.1, 0.15) is 0 Å². The number of nitrogens with one attached hydrogen (secondary N) is 1. The van der Waals surface area contributed by atoms with E-state index in [9.17, 15) is 0 Å². The third-order valence-corrected chi connectivity index (χ3v) is 1.97. The van der Waals surface area contributed by atoms with Crippen LogP contribution in [0.15, 0.2) is 29.8 Å². The molecule has 1 aromatic rings. The van der Waals surface area contributed by atoms with Crippen molar-refractivity contribution in [3.63, 3.8) is 0 Å². The molecule has 0 atom stereocenters. The maximum absolute atomic E-state index is 5.66. The minimum absolute atomic E-state index is 0.512. The number of benzene rings is 1. The molecule has 0 bridgehead atoms. The van der Waals surface area contributed by atoms with E-state index in [2.05, 4.69) is 11.9 Å². The van der Waals surface area contributed by atoms with E-state index >= 15 is 0 Å². The number of methoxy groups -OCH3 is 2. The van der Waals surface area contributed by atoms with E-state index in [0.29, 0.717) is 11.6 Å². The smallest absolute Gasteiger partial charge is 0.124 e. The second-order valence-electron chi connectivity index (χ2n) is 2.97. The highest BCUT2D eigenvalue weighted by atomic mass is 35.5. The quantitative estimate of drug-likeness (QED) is 0.839. The molecule has 0 heterocycles. The molecule has 1 aromatic carbocycles. The minimum Gasteiger partial charge on any atom is -0.497 e. The summed E-state index contributed by atoms with van der Waals surface area (Å²) in [5.74, 6) is 1.47. The van der Waals surface area contributed by atoms with Gasteiger partial charge in [0.15, 0.2) is 0 Å². The molecule has 0 aliphatic carbocycles. The summed E-state index contributed by atoms with van der Waals surface area (Å²) < 4.78 is 10.3. The third kappa shape index (κ3) is 3.72. The van der Waals surface area contributed by atoms with Crippen molar-refractivity contribution in [3.05, 3.63) is 29.8 Å². The van der Waals surface area contributed by atoms with Crippen LogP contribution in [-0.4, -0.2) is 20.8 Å². The summed E-state index contributed by atoms with van der Waals surface area (Å²) in [7, 11) is 3.22. The van der Waals surface area contributed by atoms with Crippen molar-refractivity contribution >= 4 is 17.3 Å². The van der Waals surface area contributed by atoms with Crippen molar-refractivity contribution < 1.29 is 9.47 Å². The first-order chi connectivity index (χ1) is 7.15. The first-order valence-electron chi connectivity index (χ1n) is 4.46. The summed E-state index contributed by atoms with van der Waals surface area (Å²) >= 11 is 5.66. The molecule has 0 aliphatic rings. The molecule has 0 spiro atoms. The van der Waals surface area contributed by atoms with Crippen LogP contribution in [0, 0.1) is 0 Å². The molecule has 0 fully saturated rings. The van der Waals surface area contributed by atoms with Gasteiger partial charge in [0.05, 0.1) is 20.8 Å². The average molecular weight is 228 g/mol. The Morgan fingerprint density at radius 3 is 2.20 bits per heavy atom. The van der Waals surface area contributed by atoms with E-state index in [-0.39, 0.29) is 0 Å². The monoisotopic (exact) mass is 227 g/mol. The lowest BCUT2D eigenvalue weighted by Gasteiger charge is -2.09. The molecule has 82 valence electrons. The van der Waals surface area contributed by atoms with Gasteiger partial charge in [-0.05, 0) is 0 Å². The van der Waals surface area contributed by atoms with Crippen molar-refractivity contribution in [3.8, 4) is 11.5 Å². The molecule has 4 heteroatoms. The molecule has 1 N–H and O–H groups in total. The summed E-state index contributed by atoms with van der Waals surface area (Å²) in [6, 6.07) is 5.53. The van der Waals surface area contributed by atoms with Gasteiger partial charge in [-0.15, -0.1) is 0 Å². The zero-order valence-corrected chi connectivity index (χ0v) is 9.60. The lowest BCUT2D eigenvalue weighted by Crippen LogP contribution is -2.01. The molecule has 0 radical (unpaired) electrons. The van der Waals surface area contributed by atoms with Gasteiger partial charge in [-0.25, -0.2) is 0 Å². The fraction of sp³-hybridized carbons (Fsp3) is 0.273. The van der Waals surface area contributed by atoms with Crippen LogP contribution < -0.4 is 14.8 Å². The van der Waals surface area contributed by atoms with Crippen molar-refractivity contribution in [2.45, 2.75) is 0 Å². The summed E-state index contributed by atoms with van der Waals surface area (Å²) in [5.41, 5.74) is 0.882. The Kier molecular flexibility index (Phi) is 4.31. The van der Waals surface area contributed by atoms with Crippen molar-refractivity contribution in [2.24, 2.45) is 0 Å². The van der Waals surface area contributed by atoms with Crippen LogP contribution in [0.3, 0.4) is 0 Å². The molecule has 0 unspecified atom stereocenters. The molecule has 0 saturated heterocycles. The van der Waals surface area contributed by atoms with Crippen LogP contribution in [-0.2, 0) is 0 Å². The first-order valence-corrected chi connectivity index (χ1v) is 4.83. The van der Waals surface area contributed by atoms with Crippen LogP contribution in [0.25, 0.3) is 0 Å². The van der Waals surface area contributed by atoms with Gasteiger partial charge in [-0.3, -0.25) is 0 Å². The Labute approximate surface area is 94.6 Å². The van der Waals surface area contributed by atoms with Crippen LogP contribution in [0.4, 0.5) is 5.69 Å². The number of anilines is 1. The molecule has 0 saturated carbocycles. The maximum Gasteiger partial charge on any atom is 0.124 e. The molecular weight excluding hydrogens is 214 g/mol. The average Bonchev–Trinajstić information content (AvgIpc) is 2.25. The number of halogens is 1. The normalized spacial score (nSPS) is 9.53. The fourth-order valence-electron chi connectivity index (χ4n) is 1.11. The Morgan fingerprint density at radius 1 is 1.27 bits per heavy atom. The Bertz CT molecular complexity index is 330. The number of ether oxygens (including phenoxy) is 2. The second-order valence-corrected chi connectivity index (χ2v) is 3.51. The van der Waals surface area contributed by atoms with E-state index in [4.69, 9.17) is 21.1 Å². The molecule has 0 aromatic heterocycles. The number of hydrogen-bond donors (Lipinski definition) is 1. The minimum atomic E-state index is 0.512. The van der Waals surface area contributed by atoms with Crippen molar-refractivity contribution in [1.29, 1.82) is 0 Å². The van der Waals surface area contributed by atoms with E-state index in [0.717, 1.165) is 17.2 Å². The molecular formula is C11H14ClNO2. The Hall–Kier alpha value is -1.35. The summed E-state index contributed by atoms with van der Waals surface area (Å²) in [5, 5.41) is 3.65. The van der Waals surface area contributed by atoms with Gasteiger partial charge in [-0.2, -0.15) is 0 Å². The van der Waals surface area contributed by atoms with E-state index < -0.39 is 0 Å². The van der Waals surface area contributed by atoms with E-state index in [1.165, 1.54) is 0 Å². The van der Waals surface area contributed by atoms with Crippen molar-refractivity contribution in [1.82, 2.24) is 0 Å². The topological polar surface area (TPSA) is 30.5 Å². The highest BCUT2D eigenvalue weighted by molar-refractivity contribution is 6.29. The number of hydrogen-bond acceptors (Lipinski definition) is 3. The van der Waals surface area contributed by atoms with Crippen LogP contribution >= 0.6 is 11.6 Å². The van der Waals surface area contributed by atoms with Crippen LogP contribution in [0.5, 0.6) is 11.5 Å². The third-order valence-electron chi connectivity index (χ3n) is 1.84. The van der Waals surface area contributed by atoms with Gasteiger partial charge in [0.2, 0.25) is 0 Å². The number of rotatable bonds is 5. The van der Waals surface area contributed by atoms with Gasteiger partial charge in [0.25, 0.3) is 0 Å². The zero-order valence-electron chi connectivity index (χ0n) is 8.84. The van der Waals surface area contributed by atoms with Gasteiger partial charge in [0, 0.05) is 28.9 Å². The molecule has 0 aliphatic heterocycles. The van der Waals surface area contributed by atoms with Gasteiger partial charge in [-0.1, -0.05) is 18.2 Å². The summed E-state index contributed by atoms with van der Waals surface area (Å²) in [4.78, 5) is 0. The van der Waals surface area contributed by atoms with Crippen molar-refractivity contribution in [2.75, 3.05) is 26.1 Å². The largest absolute Gasteiger partial charge is 0.497 e. The van der Waals surface area contributed by atoms with Crippen LogP contribution in [0.2, 0.25) is 0 Å². The molecule has 15 heavy (non-hydrogen) atoms. The molecule has 1 rings (SSSR count). The van der Waals surface area contributed by atoms with Gasteiger partial charge >= 0.3 is 0 Å². The zero-order chi connectivity index (χ0) is 11.3. The van der Waals surface area contributed by atoms with Gasteiger partial charge < -0.3 is 14.8 Å². The van der Waals surface area contributed by atoms with E-state index in [1.54, 1.807) is 20.3 Å². The summed E-state index contributed by atoms with van der Waals surface area (Å²) in [6.45, 7) is 4.11. The first kappa shape index (κ1) is 11.7. The fourth-order valence-corrected chi connectivity index (χ4v) is 1.17. The highest BCUT2D eigenvalue weighted by Gasteiger charge is 2.01. The second kappa shape index (κ2) is 5.51. The predicted octanol–water partition coefficient (Wildman–Crippen LogP) is 2.87. The standard InChI is InChI=1S/C11H14ClNO2/c1-8(12)7-13-9-4-10(14-2)6-11(5-9)15-3/h4-6,13H,1,7H2,2-3H3. The molecule has 3 nitrogen and oxygen atoms in total. The molecule has 0 amide bonds. The lowest BCUT2D eigenvalue weighted by atomic mass is 10.2. The predicted molar refractivity (Wildman–Crippen MR) is 63.0 cm³/mol. The SMILES string of the molecule is C=C(Cl)CNc1cc(OC)cc(OC)c1. The highest BCUT2D eigenvalue weighted by Crippen LogP contribution is 2.25.